The minimum atomic E-state index is -0.952. The smallest absolute Gasteiger partial charge is 0.328 e. The van der Waals surface area contributed by atoms with Crippen LogP contribution < -0.4 is 16.8 Å². The first-order valence-electron chi connectivity index (χ1n) is 12.6. The Hall–Kier alpha value is -4.19. The van der Waals surface area contributed by atoms with Crippen LogP contribution in [0.1, 0.15) is 53.9 Å². The summed E-state index contributed by atoms with van der Waals surface area (Å²) >= 11 is 0. The van der Waals surface area contributed by atoms with E-state index in [1.807, 2.05) is 12.1 Å². The molecular weight excluding hydrogens is 492 g/mol. The first kappa shape index (κ1) is 26.9. The van der Waals surface area contributed by atoms with Crippen LogP contribution in [-0.4, -0.2) is 58.5 Å². The molecule has 4 rings (SSSR count). The number of ether oxygens (including phenoxy) is 2. The van der Waals surface area contributed by atoms with Gasteiger partial charge in [0.25, 0.3) is 5.91 Å². The van der Waals surface area contributed by atoms with E-state index in [0.717, 1.165) is 35.2 Å². The number of carbonyl (C=O) groups excluding carboxylic acids is 3. The molecule has 1 aliphatic heterocycles. The van der Waals surface area contributed by atoms with Crippen molar-refractivity contribution in [3.8, 4) is 0 Å². The zero-order valence-electron chi connectivity index (χ0n) is 21.5. The number of carbonyl (C=O) groups is 3. The largest absolute Gasteiger partial charge is 0.466 e. The van der Waals surface area contributed by atoms with Crippen molar-refractivity contribution in [2.45, 2.75) is 52.2 Å². The Balaban J connectivity index is 1.37. The molecule has 0 bridgehead atoms. The lowest BCUT2D eigenvalue weighted by atomic mass is 10.0. The van der Waals surface area contributed by atoms with Crippen LogP contribution in [0.25, 0.3) is 11.1 Å². The maximum atomic E-state index is 12.8. The molecule has 0 aliphatic carbocycles. The summed E-state index contributed by atoms with van der Waals surface area (Å²) in [7, 11) is 0. The van der Waals surface area contributed by atoms with Crippen molar-refractivity contribution in [3.05, 3.63) is 46.7 Å². The molecule has 0 unspecified atom stereocenters. The van der Waals surface area contributed by atoms with E-state index in [9.17, 15) is 14.4 Å². The fraction of sp³-hybridized carbons (Fsp3) is 0.423. The highest BCUT2D eigenvalue weighted by molar-refractivity contribution is 5.97. The molecule has 3 aromatic rings. The molecule has 2 aromatic heterocycles. The third-order valence-electron chi connectivity index (χ3n) is 6.27. The van der Waals surface area contributed by atoms with Crippen LogP contribution in [0.4, 0.5) is 11.8 Å². The van der Waals surface area contributed by atoms with Crippen molar-refractivity contribution in [1.82, 2.24) is 20.2 Å². The summed E-state index contributed by atoms with van der Waals surface area (Å²) < 4.78 is 15.9. The number of aromatic nitrogens is 2. The number of amides is 1. The summed E-state index contributed by atoms with van der Waals surface area (Å²) in [5, 5.41) is 3.40. The molecule has 0 saturated heterocycles. The first-order chi connectivity index (χ1) is 18.3. The number of esters is 2. The summed E-state index contributed by atoms with van der Waals surface area (Å²) in [6, 6.07) is 6.19. The number of benzene rings is 1. The van der Waals surface area contributed by atoms with E-state index in [-0.39, 0.29) is 32.0 Å². The van der Waals surface area contributed by atoms with Crippen molar-refractivity contribution >= 4 is 40.7 Å². The summed E-state index contributed by atoms with van der Waals surface area (Å²) in [6.07, 6.45) is 0.817. The number of fused-ring (bicyclic) bond motifs is 3. The van der Waals surface area contributed by atoms with Crippen molar-refractivity contribution in [3.63, 3.8) is 0 Å². The molecule has 0 fully saturated rings. The Morgan fingerprint density at radius 3 is 2.55 bits per heavy atom. The normalized spacial score (nSPS) is 14.1. The van der Waals surface area contributed by atoms with Crippen LogP contribution in [0.15, 0.2) is 28.7 Å². The second-order valence-electron chi connectivity index (χ2n) is 8.93. The van der Waals surface area contributed by atoms with Gasteiger partial charge in [0.1, 0.15) is 17.6 Å². The van der Waals surface area contributed by atoms with Crippen molar-refractivity contribution in [2.24, 2.45) is 0 Å². The third-order valence-corrected chi connectivity index (χ3v) is 6.27. The highest BCUT2D eigenvalue weighted by Gasteiger charge is 2.26. The number of nitrogens with one attached hydrogen (secondary N) is 1. The summed E-state index contributed by atoms with van der Waals surface area (Å²) in [6.45, 7) is 5.81. The number of nitrogens with zero attached hydrogens (tertiary/aromatic N) is 3. The van der Waals surface area contributed by atoms with Crippen molar-refractivity contribution in [2.75, 3.05) is 31.2 Å². The fourth-order valence-corrected chi connectivity index (χ4v) is 4.48. The minimum Gasteiger partial charge on any atom is -0.466 e. The standard InChI is InChI=1S/C26H32N6O6/c1-3-36-20(33)10-9-18(25(35)37-4-2)29-23(34)16-7-5-15(6-8-16)13-32-12-11-17-19(14-32)38-24-21(17)22(27)30-26(28)31-24/h5-8,18H,3-4,9-14H2,1-2H3,(H,29,34)(H4,27,28,30,31)/t18-/m0/s1. The molecule has 1 amide bonds. The fourth-order valence-electron chi connectivity index (χ4n) is 4.48. The van der Waals surface area contributed by atoms with Gasteiger partial charge in [-0.1, -0.05) is 12.1 Å². The monoisotopic (exact) mass is 524 g/mol. The van der Waals surface area contributed by atoms with Crippen LogP contribution >= 0.6 is 0 Å². The SMILES string of the molecule is CCOC(=O)CC[C@H](NC(=O)c1ccc(CN2CCc3c(oc4nc(N)nc(N)c34)C2)cc1)C(=O)OCC. The Labute approximate surface area is 219 Å². The van der Waals surface area contributed by atoms with Gasteiger partial charge in [-0.15, -0.1) is 0 Å². The average Bonchev–Trinajstić information content (AvgIpc) is 3.24. The highest BCUT2D eigenvalue weighted by Crippen LogP contribution is 2.33. The lowest BCUT2D eigenvalue weighted by Gasteiger charge is -2.26. The molecule has 12 nitrogen and oxygen atoms in total. The Bertz CT molecular complexity index is 1320. The Morgan fingerprint density at radius 2 is 1.84 bits per heavy atom. The minimum absolute atomic E-state index is 0.00807. The lowest BCUT2D eigenvalue weighted by Crippen LogP contribution is -2.42. The van der Waals surface area contributed by atoms with Crippen LogP contribution in [0.5, 0.6) is 0 Å². The molecule has 0 saturated carbocycles. The van der Waals surface area contributed by atoms with Crippen LogP contribution in [-0.2, 0) is 38.6 Å². The number of anilines is 2. The second-order valence-corrected chi connectivity index (χ2v) is 8.93. The van der Waals surface area contributed by atoms with Gasteiger partial charge in [0.05, 0.1) is 25.1 Å². The summed E-state index contributed by atoms with van der Waals surface area (Å²) in [5.41, 5.74) is 14.6. The van der Waals surface area contributed by atoms with Gasteiger partial charge < -0.3 is 30.7 Å². The lowest BCUT2D eigenvalue weighted by molar-refractivity contribution is -0.146. The predicted octanol–water partition coefficient (Wildman–Crippen LogP) is 1.95. The number of furan rings is 1. The van der Waals surface area contributed by atoms with Gasteiger partial charge >= 0.3 is 11.9 Å². The van der Waals surface area contributed by atoms with Gasteiger partial charge in [0.15, 0.2) is 0 Å². The highest BCUT2D eigenvalue weighted by atomic mass is 16.5. The van der Waals surface area contributed by atoms with Gasteiger partial charge in [-0.3, -0.25) is 14.5 Å². The summed E-state index contributed by atoms with van der Waals surface area (Å²) in [5.74, 6) is -0.260. The second kappa shape index (κ2) is 11.9. The van der Waals surface area contributed by atoms with Gasteiger partial charge in [-0.25, -0.2) is 4.79 Å². The average molecular weight is 525 g/mol. The zero-order valence-corrected chi connectivity index (χ0v) is 21.5. The van der Waals surface area contributed by atoms with Gasteiger partial charge in [0, 0.05) is 30.6 Å². The maximum absolute atomic E-state index is 12.8. The molecule has 1 aliphatic rings. The van der Waals surface area contributed by atoms with Crippen LogP contribution in [0, 0.1) is 0 Å². The van der Waals surface area contributed by atoms with E-state index >= 15 is 0 Å². The van der Waals surface area contributed by atoms with E-state index in [0.29, 0.717) is 30.2 Å². The number of hydrogen-bond acceptors (Lipinski definition) is 11. The Kier molecular flexibility index (Phi) is 8.41. The molecule has 12 heteroatoms. The molecule has 0 spiro atoms. The summed E-state index contributed by atoms with van der Waals surface area (Å²) in [4.78, 5) is 47.3. The zero-order chi connectivity index (χ0) is 27.2. The topological polar surface area (TPSA) is 176 Å². The predicted molar refractivity (Wildman–Crippen MR) is 139 cm³/mol. The molecule has 1 aromatic carbocycles. The molecule has 38 heavy (non-hydrogen) atoms. The quantitative estimate of drug-likeness (QED) is 0.330. The van der Waals surface area contributed by atoms with E-state index < -0.39 is 23.9 Å². The van der Waals surface area contributed by atoms with E-state index in [1.54, 1.807) is 26.0 Å². The molecule has 5 N–H and O–H groups in total. The number of nitrogen functional groups attached to an aromatic ring is 2. The molecule has 0 radical (unpaired) electrons. The van der Waals surface area contributed by atoms with Gasteiger partial charge in [-0.2, -0.15) is 9.97 Å². The van der Waals surface area contributed by atoms with Gasteiger partial charge in [-0.05, 0) is 44.4 Å². The Morgan fingerprint density at radius 1 is 1.11 bits per heavy atom. The maximum Gasteiger partial charge on any atom is 0.328 e. The van der Waals surface area contributed by atoms with Crippen LogP contribution in [0.3, 0.4) is 0 Å². The number of hydrogen-bond donors (Lipinski definition) is 3. The van der Waals surface area contributed by atoms with E-state index in [4.69, 9.17) is 25.4 Å². The number of nitrogens with two attached hydrogens (primary N) is 2. The molecular formula is C26H32N6O6. The molecule has 202 valence electrons. The van der Waals surface area contributed by atoms with Crippen LogP contribution in [0.2, 0.25) is 0 Å². The van der Waals surface area contributed by atoms with E-state index in [2.05, 4.69) is 20.2 Å². The van der Waals surface area contributed by atoms with Crippen molar-refractivity contribution in [1.29, 1.82) is 0 Å². The third kappa shape index (κ3) is 6.20. The number of rotatable bonds is 10. The first-order valence-corrected chi connectivity index (χ1v) is 12.6. The van der Waals surface area contributed by atoms with Gasteiger partial charge in [0.2, 0.25) is 11.7 Å². The molecule has 3 heterocycles. The van der Waals surface area contributed by atoms with Crippen molar-refractivity contribution < 1.29 is 28.3 Å². The van der Waals surface area contributed by atoms with E-state index in [1.165, 1.54) is 0 Å². The molecule has 1 atom stereocenters.